The van der Waals surface area contributed by atoms with Crippen LogP contribution in [0, 0.1) is 13.8 Å². The molecule has 0 aliphatic rings. The van der Waals surface area contributed by atoms with Crippen LogP contribution in [0.2, 0.25) is 0 Å². The number of nitrogens with zero attached hydrogens (tertiary/aromatic N) is 4. The van der Waals surface area contributed by atoms with Crippen LogP contribution in [-0.4, -0.2) is 36.5 Å². The zero-order chi connectivity index (χ0) is 16.4. The smallest absolute Gasteiger partial charge is 0.328 e. The molecule has 0 saturated carbocycles. The lowest BCUT2D eigenvalue weighted by Gasteiger charge is -2.06. The number of hydrogen-bond acceptors (Lipinski definition) is 4. The van der Waals surface area contributed by atoms with Crippen LogP contribution in [0.15, 0.2) is 12.4 Å². The highest BCUT2D eigenvalue weighted by Gasteiger charge is 2.17. The SMILES string of the molecule is Cc1nn(C)c(C)c1CNC(=O)c1cnn(C(C)C(=O)O)c1. The average molecular weight is 305 g/mol. The predicted octanol–water partition coefficient (Wildman–Crippen LogP) is 0.809. The molecule has 0 fully saturated rings. The van der Waals surface area contributed by atoms with E-state index < -0.39 is 12.0 Å². The van der Waals surface area contributed by atoms with E-state index in [1.165, 1.54) is 24.0 Å². The molecule has 0 aromatic carbocycles. The van der Waals surface area contributed by atoms with Gasteiger partial charge in [0.05, 0.1) is 17.5 Å². The van der Waals surface area contributed by atoms with Crippen LogP contribution < -0.4 is 5.32 Å². The van der Waals surface area contributed by atoms with Gasteiger partial charge < -0.3 is 10.4 Å². The van der Waals surface area contributed by atoms with E-state index >= 15 is 0 Å². The highest BCUT2D eigenvalue weighted by atomic mass is 16.4. The fourth-order valence-electron chi connectivity index (χ4n) is 2.12. The van der Waals surface area contributed by atoms with Crippen LogP contribution in [0.5, 0.6) is 0 Å². The number of rotatable bonds is 5. The molecule has 2 heterocycles. The van der Waals surface area contributed by atoms with Crippen molar-refractivity contribution in [3.8, 4) is 0 Å². The van der Waals surface area contributed by atoms with E-state index in [0.29, 0.717) is 12.1 Å². The zero-order valence-corrected chi connectivity index (χ0v) is 13.0. The molecule has 0 radical (unpaired) electrons. The number of aryl methyl sites for hydroxylation is 2. The summed E-state index contributed by atoms with van der Waals surface area (Å²) in [5, 5.41) is 19.9. The lowest BCUT2D eigenvalue weighted by Crippen LogP contribution is -2.23. The van der Waals surface area contributed by atoms with Crippen LogP contribution in [0.1, 0.15) is 40.3 Å². The van der Waals surface area contributed by atoms with E-state index in [2.05, 4.69) is 15.5 Å². The van der Waals surface area contributed by atoms with Gasteiger partial charge in [0.15, 0.2) is 0 Å². The Labute approximate surface area is 127 Å². The first kappa shape index (κ1) is 15.7. The summed E-state index contributed by atoms with van der Waals surface area (Å²) in [6.45, 7) is 5.69. The van der Waals surface area contributed by atoms with E-state index in [4.69, 9.17) is 5.11 Å². The molecular formula is C14H19N5O3. The summed E-state index contributed by atoms with van der Waals surface area (Å²) in [6, 6.07) is -0.815. The minimum atomic E-state index is -1.00. The molecule has 1 atom stereocenters. The molecule has 0 bridgehead atoms. The minimum Gasteiger partial charge on any atom is -0.480 e. The molecule has 2 aromatic heterocycles. The van der Waals surface area contributed by atoms with E-state index in [0.717, 1.165) is 17.0 Å². The third-order valence-corrected chi connectivity index (χ3v) is 3.70. The number of carboxylic acids is 1. The summed E-state index contributed by atoms with van der Waals surface area (Å²) >= 11 is 0. The average Bonchev–Trinajstić information content (AvgIpc) is 3.03. The van der Waals surface area contributed by atoms with Crippen LogP contribution in [0.4, 0.5) is 0 Å². The molecule has 0 aliphatic heterocycles. The van der Waals surface area contributed by atoms with Crippen molar-refractivity contribution < 1.29 is 14.7 Å². The fourth-order valence-corrected chi connectivity index (χ4v) is 2.12. The monoisotopic (exact) mass is 305 g/mol. The van der Waals surface area contributed by atoms with Crippen molar-refractivity contribution >= 4 is 11.9 Å². The summed E-state index contributed by atoms with van der Waals surface area (Å²) in [5.74, 6) is -1.30. The number of nitrogens with one attached hydrogen (secondary N) is 1. The maximum absolute atomic E-state index is 12.1. The quantitative estimate of drug-likeness (QED) is 0.851. The molecule has 8 nitrogen and oxygen atoms in total. The largest absolute Gasteiger partial charge is 0.480 e. The Morgan fingerprint density at radius 2 is 2.09 bits per heavy atom. The van der Waals surface area contributed by atoms with E-state index in [1.807, 2.05) is 20.9 Å². The number of carboxylic acid groups (broad SMARTS) is 1. The second kappa shape index (κ2) is 6.00. The zero-order valence-electron chi connectivity index (χ0n) is 13.0. The number of carbonyl (C=O) groups excluding carboxylic acids is 1. The van der Waals surface area contributed by atoms with Gasteiger partial charge in [-0.2, -0.15) is 10.2 Å². The third kappa shape index (κ3) is 3.00. The molecule has 0 aliphatic carbocycles. The molecule has 118 valence electrons. The van der Waals surface area contributed by atoms with Crippen LogP contribution in [-0.2, 0) is 18.4 Å². The van der Waals surface area contributed by atoms with Crippen LogP contribution in [0.3, 0.4) is 0 Å². The Morgan fingerprint density at radius 1 is 1.41 bits per heavy atom. The maximum Gasteiger partial charge on any atom is 0.328 e. The van der Waals surface area contributed by atoms with E-state index in [1.54, 1.807) is 4.68 Å². The standard InChI is InChI=1S/C14H19N5O3/c1-8-12(9(2)18(4)17-8)6-15-13(20)11-5-16-19(7-11)10(3)14(21)22/h5,7,10H,6H2,1-4H3,(H,15,20)(H,21,22). The number of aromatic nitrogens is 4. The predicted molar refractivity (Wildman–Crippen MR) is 78.4 cm³/mol. The van der Waals surface area contributed by atoms with Gasteiger partial charge in [-0.15, -0.1) is 0 Å². The van der Waals surface area contributed by atoms with E-state index in [9.17, 15) is 9.59 Å². The molecule has 2 rings (SSSR count). The molecule has 2 N–H and O–H groups in total. The van der Waals surface area contributed by atoms with Gasteiger partial charge in [-0.25, -0.2) is 4.79 Å². The lowest BCUT2D eigenvalue weighted by atomic mass is 10.2. The van der Waals surface area contributed by atoms with Crippen molar-refractivity contribution in [1.82, 2.24) is 24.9 Å². The number of hydrogen-bond donors (Lipinski definition) is 2. The fraction of sp³-hybridized carbons (Fsp3) is 0.429. The summed E-state index contributed by atoms with van der Waals surface area (Å²) in [6.07, 6.45) is 2.79. The maximum atomic E-state index is 12.1. The van der Waals surface area contributed by atoms with Gasteiger partial charge in [0.1, 0.15) is 6.04 Å². The van der Waals surface area contributed by atoms with Crippen molar-refractivity contribution in [3.05, 3.63) is 34.9 Å². The molecule has 1 amide bonds. The second-order valence-corrected chi connectivity index (χ2v) is 5.18. The second-order valence-electron chi connectivity index (χ2n) is 5.18. The Morgan fingerprint density at radius 3 is 2.64 bits per heavy atom. The van der Waals surface area contributed by atoms with Gasteiger partial charge in [0.25, 0.3) is 5.91 Å². The summed E-state index contributed by atoms with van der Waals surface area (Å²) in [5.41, 5.74) is 3.16. The Balaban J connectivity index is 2.05. The van der Waals surface area contributed by atoms with Crippen molar-refractivity contribution in [2.45, 2.75) is 33.4 Å². The van der Waals surface area contributed by atoms with Crippen LogP contribution in [0.25, 0.3) is 0 Å². The van der Waals surface area contributed by atoms with Gasteiger partial charge in [0.2, 0.25) is 0 Å². The third-order valence-electron chi connectivity index (χ3n) is 3.70. The molecular weight excluding hydrogens is 286 g/mol. The van der Waals surface area contributed by atoms with Crippen molar-refractivity contribution in [2.24, 2.45) is 7.05 Å². The topological polar surface area (TPSA) is 102 Å². The van der Waals surface area contributed by atoms with Gasteiger partial charge in [-0.3, -0.25) is 14.2 Å². The van der Waals surface area contributed by atoms with Crippen molar-refractivity contribution in [1.29, 1.82) is 0 Å². The molecule has 1 unspecified atom stereocenters. The van der Waals surface area contributed by atoms with Gasteiger partial charge in [-0.1, -0.05) is 0 Å². The first-order valence-corrected chi connectivity index (χ1v) is 6.85. The van der Waals surface area contributed by atoms with Crippen LogP contribution >= 0.6 is 0 Å². The summed E-state index contributed by atoms with van der Waals surface area (Å²) < 4.78 is 3.02. The van der Waals surface area contributed by atoms with Crippen molar-refractivity contribution in [3.63, 3.8) is 0 Å². The molecule has 2 aromatic rings. The molecule has 0 spiro atoms. The molecule has 0 saturated heterocycles. The van der Waals surface area contributed by atoms with Gasteiger partial charge in [-0.05, 0) is 20.8 Å². The lowest BCUT2D eigenvalue weighted by molar-refractivity contribution is -0.140. The highest BCUT2D eigenvalue weighted by molar-refractivity contribution is 5.93. The normalized spacial score (nSPS) is 12.2. The summed E-state index contributed by atoms with van der Waals surface area (Å²) in [7, 11) is 1.85. The molecule has 8 heteroatoms. The molecule has 22 heavy (non-hydrogen) atoms. The first-order valence-electron chi connectivity index (χ1n) is 6.85. The number of carbonyl (C=O) groups is 2. The minimum absolute atomic E-state index is 0.300. The number of aliphatic carboxylic acids is 1. The Hall–Kier alpha value is -2.64. The van der Waals surface area contributed by atoms with E-state index in [-0.39, 0.29) is 5.91 Å². The highest BCUT2D eigenvalue weighted by Crippen LogP contribution is 2.12. The van der Waals surface area contributed by atoms with Gasteiger partial charge >= 0.3 is 5.97 Å². The Kier molecular flexibility index (Phi) is 4.30. The Bertz CT molecular complexity index is 716. The summed E-state index contributed by atoms with van der Waals surface area (Å²) in [4.78, 5) is 23.0. The first-order chi connectivity index (χ1) is 10.3. The van der Waals surface area contributed by atoms with Gasteiger partial charge in [0, 0.05) is 31.0 Å². The number of amides is 1. The van der Waals surface area contributed by atoms with Crippen molar-refractivity contribution in [2.75, 3.05) is 0 Å².